The number of rotatable bonds is 9. The van der Waals surface area contributed by atoms with Gasteiger partial charge in [-0.1, -0.05) is 23.9 Å². The minimum atomic E-state index is -0.221. The normalized spacial score (nSPS) is 12.5. The molecule has 12 heteroatoms. The monoisotopic (exact) mass is 469 g/mol. The molecule has 0 atom stereocenters. The molecular formula is C21H23N7O4S. The molecule has 0 unspecified atom stereocenters. The summed E-state index contributed by atoms with van der Waals surface area (Å²) in [7, 11) is 0. The number of ether oxygens (including phenoxy) is 3. The molecule has 4 N–H and O–H groups in total. The summed E-state index contributed by atoms with van der Waals surface area (Å²) in [6.45, 7) is 4.43. The molecule has 2 aromatic carbocycles. The molecule has 0 bridgehead atoms. The Labute approximate surface area is 194 Å². The van der Waals surface area contributed by atoms with E-state index in [1.807, 2.05) is 44.2 Å². The van der Waals surface area contributed by atoms with Crippen LogP contribution in [0.1, 0.15) is 19.4 Å². The first-order chi connectivity index (χ1) is 16.0. The topological polar surface area (TPSA) is 138 Å². The average molecular weight is 470 g/mol. The van der Waals surface area contributed by atoms with Crippen LogP contribution in [-0.4, -0.2) is 45.6 Å². The third kappa shape index (κ3) is 5.29. The van der Waals surface area contributed by atoms with Gasteiger partial charge in [-0.15, -0.1) is 10.2 Å². The van der Waals surface area contributed by atoms with Crippen LogP contribution in [0.2, 0.25) is 0 Å². The number of anilines is 2. The van der Waals surface area contributed by atoms with Crippen molar-refractivity contribution in [1.29, 1.82) is 0 Å². The van der Waals surface area contributed by atoms with E-state index < -0.39 is 0 Å². The average Bonchev–Trinajstić information content (AvgIpc) is 3.43. The summed E-state index contributed by atoms with van der Waals surface area (Å²) >= 11 is 1.15. The van der Waals surface area contributed by atoms with Crippen molar-refractivity contribution in [2.45, 2.75) is 19.0 Å². The number of nitrogen functional groups attached to an aromatic ring is 1. The summed E-state index contributed by atoms with van der Waals surface area (Å²) in [6, 6.07) is 12.8. The van der Waals surface area contributed by atoms with E-state index in [9.17, 15) is 4.79 Å². The standard InChI is InChI=1S/C21H23N7O4S/c1-3-30-16-7-5-4-6-15(16)23-19(29)11-33-21-27-26-20(28(21)22)25-24-13(2)14-8-9-17-18(10-14)32-12-31-17/h4-10H,3,11-12,22H2,1-2H3,(H,23,29)(H,25,26)/b24-13+. The predicted molar refractivity (Wildman–Crippen MR) is 126 cm³/mol. The summed E-state index contributed by atoms with van der Waals surface area (Å²) < 4.78 is 17.5. The highest BCUT2D eigenvalue weighted by atomic mass is 32.2. The molecule has 1 aliphatic rings. The fourth-order valence-corrected chi connectivity index (χ4v) is 3.60. The Balaban J connectivity index is 1.34. The number of fused-ring (bicyclic) bond motifs is 1. The van der Waals surface area contributed by atoms with Crippen molar-refractivity contribution in [3.8, 4) is 17.2 Å². The number of hydrogen-bond donors (Lipinski definition) is 3. The number of thioether (sulfide) groups is 1. The Hall–Kier alpha value is -3.93. The SMILES string of the molecule is CCOc1ccccc1NC(=O)CSc1nnc(N/N=C(\C)c2ccc3c(c2)OCO3)n1N. The molecule has 2 heterocycles. The molecule has 33 heavy (non-hydrogen) atoms. The molecule has 0 fully saturated rings. The molecule has 172 valence electrons. The van der Waals surface area contributed by atoms with Gasteiger partial charge in [0.2, 0.25) is 17.9 Å². The lowest BCUT2D eigenvalue weighted by Gasteiger charge is -2.11. The van der Waals surface area contributed by atoms with Crippen LogP contribution in [0, 0.1) is 0 Å². The third-order valence-electron chi connectivity index (χ3n) is 4.57. The van der Waals surface area contributed by atoms with Crippen LogP contribution in [0.4, 0.5) is 11.6 Å². The highest BCUT2D eigenvalue weighted by molar-refractivity contribution is 7.99. The van der Waals surface area contributed by atoms with Crippen LogP contribution in [-0.2, 0) is 4.79 Å². The van der Waals surface area contributed by atoms with Crippen LogP contribution in [0.3, 0.4) is 0 Å². The van der Waals surface area contributed by atoms with Crippen LogP contribution in [0.5, 0.6) is 17.2 Å². The summed E-state index contributed by atoms with van der Waals surface area (Å²) in [4.78, 5) is 12.4. The van der Waals surface area contributed by atoms with Gasteiger partial charge in [-0.05, 0) is 44.2 Å². The number of hydrazone groups is 1. The minimum Gasteiger partial charge on any atom is -0.492 e. The van der Waals surface area contributed by atoms with Crippen LogP contribution in [0.25, 0.3) is 0 Å². The van der Waals surface area contributed by atoms with Crippen LogP contribution < -0.4 is 30.8 Å². The Morgan fingerprint density at radius 2 is 2.06 bits per heavy atom. The second-order valence-corrected chi connectivity index (χ2v) is 7.76. The molecule has 1 aromatic heterocycles. The van der Waals surface area contributed by atoms with E-state index >= 15 is 0 Å². The van der Waals surface area contributed by atoms with Crippen molar-refractivity contribution in [2.75, 3.05) is 35.7 Å². The molecule has 1 amide bonds. The zero-order chi connectivity index (χ0) is 23.2. The molecule has 1 aliphatic heterocycles. The van der Waals surface area contributed by atoms with Crippen molar-refractivity contribution in [2.24, 2.45) is 5.10 Å². The van der Waals surface area contributed by atoms with Gasteiger partial charge in [-0.3, -0.25) is 4.79 Å². The van der Waals surface area contributed by atoms with Crippen LogP contribution >= 0.6 is 11.8 Å². The highest BCUT2D eigenvalue weighted by Crippen LogP contribution is 2.32. The van der Waals surface area contributed by atoms with Crippen molar-refractivity contribution in [3.05, 3.63) is 48.0 Å². The van der Waals surface area contributed by atoms with Crippen molar-refractivity contribution in [3.63, 3.8) is 0 Å². The van der Waals surface area contributed by atoms with Crippen LogP contribution in [0.15, 0.2) is 52.7 Å². The first-order valence-electron chi connectivity index (χ1n) is 10.1. The summed E-state index contributed by atoms with van der Waals surface area (Å²) in [5.74, 6) is 8.15. The number of para-hydroxylation sites is 2. The zero-order valence-electron chi connectivity index (χ0n) is 18.1. The predicted octanol–water partition coefficient (Wildman–Crippen LogP) is 2.69. The fraction of sp³-hybridized carbons (Fsp3) is 0.238. The van der Waals surface area contributed by atoms with Gasteiger partial charge in [0.15, 0.2) is 11.5 Å². The molecule has 0 spiro atoms. The van der Waals surface area contributed by atoms with E-state index in [1.165, 1.54) is 4.68 Å². The molecule has 3 aromatic rings. The minimum absolute atomic E-state index is 0.0925. The molecule has 4 rings (SSSR count). The summed E-state index contributed by atoms with van der Waals surface area (Å²) in [5.41, 5.74) is 4.95. The summed E-state index contributed by atoms with van der Waals surface area (Å²) in [6.07, 6.45) is 0. The number of nitrogens with one attached hydrogen (secondary N) is 2. The van der Waals surface area contributed by atoms with Gasteiger partial charge < -0.3 is 25.4 Å². The van der Waals surface area contributed by atoms with Gasteiger partial charge in [0.1, 0.15) is 5.75 Å². The van der Waals surface area contributed by atoms with E-state index in [0.29, 0.717) is 40.4 Å². The second-order valence-electron chi connectivity index (χ2n) is 6.82. The Kier molecular flexibility index (Phi) is 6.83. The molecular weight excluding hydrogens is 446 g/mol. The third-order valence-corrected chi connectivity index (χ3v) is 5.51. The Morgan fingerprint density at radius 3 is 2.91 bits per heavy atom. The highest BCUT2D eigenvalue weighted by Gasteiger charge is 2.15. The number of amides is 1. The van der Waals surface area contributed by atoms with Gasteiger partial charge in [-0.2, -0.15) is 5.10 Å². The Morgan fingerprint density at radius 1 is 1.24 bits per heavy atom. The quantitative estimate of drug-likeness (QED) is 0.187. The van der Waals surface area contributed by atoms with Crippen molar-refractivity contribution < 1.29 is 19.0 Å². The molecule has 0 aliphatic carbocycles. The van der Waals surface area contributed by atoms with E-state index in [2.05, 4.69) is 26.0 Å². The maximum absolute atomic E-state index is 12.4. The van der Waals surface area contributed by atoms with E-state index in [1.54, 1.807) is 12.1 Å². The lowest BCUT2D eigenvalue weighted by Crippen LogP contribution is -2.17. The van der Waals surface area contributed by atoms with E-state index in [-0.39, 0.29) is 24.4 Å². The largest absolute Gasteiger partial charge is 0.492 e. The number of nitrogens with zero attached hydrogens (tertiary/aromatic N) is 4. The summed E-state index contributed by atoms with van der Waals surface area (Å²) in [5, 5.41) is 15.5. The number of benzene rings is 2. The van der Waals surface area contributed by atoms with Gasteiger partial charge in [-0.25, -0.2) is 10.1 Å². The molecule has 0 saturated heterocycles. The van der Waals surface area contributed by atoms with E-state index in [4.69, 9.17) is 20.1 Å². The number of carbonyl (C=O) groups is 1. The van der Waals surface area contributed by atoms with Crippen molar-refractivity contribution >= 4 is 35.0 Å². The molecule has 0 radical (unpaired) electrons. The maximum atomic E-state index is 12.4. The van der Waals surface area contributed by atoms with Gasteiger partial charge >= 0.3 is 0 Å². The number of nitrogens with two attached hydrogens (primary N) is 1. The fourth-order valence-electron chi connectivity index (χ4n) is 2.94. The Bertz CT molecular complexity index is 1180. The van der Waals surface area contributed by atoms with Gasteiger partial charge in [0.25, 0.3) is 5.95 Å². The first kappa shape index (κ1) is 22.3. The lowest BCUT2D eigenvalue weighted by molar-refractivity contribution is -0.113. The van der Waals surface area contributed by atoms with Crippen molar-refractivity contribution in [1.82, 2.24) is 14.9 Å². The van der Waals surface area contributed by atoms with Gasteiger partial charge in [0, 0.05) is 5.56 Å². The van der Waals surface area contributed by atoms with E-state index in [0.717, 1.165) is 17.3 Å². The first-order valence-corrected chi connectivity index (χ1v) is 11.1. The number of carbonyl (C=O) groups excluding carboxylic acids is 1. The second kappa shape index (κ2) is 10.1. The molecule has 0 saturated carbocycles. The maximum Gasteiger partial charge on any atom is 0.264 e. The smallest absolute Gasteiger partial charge is 0.264 e. The molecule has 11 nitrogen and oxygen atoms in total. The van der Waals surface area contributed by atoms with Gasteiger partial charge in [0.05, 0.1) is 23.8 Å². The number of hydrogen-bond acceptors (Lipinski definition) is 10. The number of aromatic nitrogens is 3. The zero-order valence-corrected chi connectivity index (χ0v) is 18.9. The lowest BCUT2D eigenvalue weighted by atomic mass is 10.1.